The maximum Gasteiger partial charge on any atom is 0.358 e. The number of amides is 1. The van der Waals surface area contributed by atoms with Crippen molar-refractivity contribution >= 4 is 34.6 Å². The molecule has 5 nitrogen and oxygen atoms in total. The molecule has 1 N–H and O–H groups in total. The van der Waals surface area contributed by atoms with E-state index in [0.717, 1.165) is 28.3 Å². The summed E-state index contributed by atoms with van der Waals surface area (Å²) >= 11 is 2.94. The third-order valence-electron chi connectivity index (χ3n) is 4.19. The molecule has 0 saturated carbocycles. The van der Waals surface area contributed by atoms with Crippen LogP contribution in [0.1, 0.15) is 48.8 Å². The largest absolute Gasteiger partial charge is 0.448 e. The van der Waals surface area contributed by atoms with Crippen molar-refractivity contribution in [3.05, 3.63) is 64.5 Å². The molecular weight excluding hydrogens is 392 g/mol. The van der Waals surface area contributed by atoms with Crippen molar-refractivity contribution in [1.29, 1.82) is 0 Å². The van der Waals surface area contributed by atoms with Crippen LogP contribution in [0.2, 0.25) is 0 Å². The average Bonchev–Trinajstić information content (AvgIpc) is 3.39. The second kappa shape index (κ2) is 9.61. The molecule has 2 aromatic heterocycles. The standard InChI is InChI=1S/C21H22N2O3S2/c1-3-8-16(15-9-5-4-6-10-15)22-19(24)14(2)26-21(25)17-13-28-20(23-17)18-11-7-12-27-18/h4-7,9-14,16H,3,8H2,1-2H3,(H,22,24)/t14-,16+/m1/s1. The third-order valence-corrected chi connectivity index (χ3v) is 6.08. The van der Waals surface area contributed by atoms with Crippen LogP contribution in [-0.4, -0.2) is 23.0 Å². The van der Waals surface area contributed by atoms with Crippen LogP contribution < -0.4 is 5.32 Å². The smallest absolute Gasteiger partial charge is 0.358 e. The Balaban J connectivity index is 1.61. The quantitative estimate of drug-likeness (QED) is 0.522. The monoisotopic (exact) mass is 414 g/mol. The van der Waals surface area contributed by atoms with E-state index in [9.17, 15) is 9.59 Å². The number of nitrogens with zero attached hydrogens (tertiary/aromatic N) is 1. The average molecular weight is 415 g/mol. The number of rotatable bonds is 8. The molecule has 0 fully saturated rings. The van der Waals surface area contributed by atoms with Crippen molar-refractivity contribution in [3.8, 4) is 9.88 Å². The number of benzene rings is 1. The van der Waals surface area contributed by atoms with Crippen LogP contribution in [0.3, 0.4) is 0 Å². The number of thiazole rings is 1. The molecule has 0 unspecified atom stereocenters. The van der Waals surface area contributed by atoms with E-state index in [1.165, 1.54) is 11.3 Å². The first kappa shape index (κ1) is 20.2. The van der Waals surface area contributed by atoms with Gasteiger partial charge in [0.15, 0.2) is 11.8 Å². The fourth-order valence-electron chi connectivity index (χ4n) is 2.74. The molecule has 2 atom stereocenters. The van der Waals surface area contributed by atoms with Gasteiger partial charge in [-0.25, -0.2) is 9.78 Å². The highest BCUT2D eigenvalue weighted by atomic mass is 32.1. The zero-order chi connectivity index (χ0) is 19.9. The Labute approximate surface area is 172 Å². The second-order valence-corrected chi connectivity index (χ2v) is 8.13. The lowest BCUT2D eigenvalue weighted by atomic mass is 10.0. The van der Waals surface area contributed by atoms with E-state index in [-0.39, 0.29) is 17.6 Å². The van der Waals surface area contributed by atoms with E-state index in [2.05, 4.69) is 17.2 Å². The van der Waals surface area contributed by atoms with Gasteiger partial charge in [0.05, 0.1) is 10.9 Å². The number of carbonyl (C=O) groups excluding carboxylic acids is 2. The van der Waals surface area contributed by atoms with Gasteiger partial charge in [-0.3, -0.25) is 4.79 Å². The van der Waals surface area contributed by atoms with Crippen molar-refractivity contribution in [2.75, 3.05) is 0 Å². The number of thiophene rings is 1. The Kier molecular flexibility index (Phi) is 6.95. The molecule has 146 valence electrons. The zero-order valence-corrected chi connectivity index (χ0v) is 17.4. The summed E-state index contributed by atoms with van der Waals surface area (Å²) in [5.74, 6) is -0.905. The minimum absolute atomic E-state index is 0.107. The van der Waals surface area contributed by atoms with Gasteiger partial charge in [0.1, 0.15) is 5.01 Å². The number of ether oxygens (including phenoxy) is 1. The fourth-order valence-corrected chi connectivity index (χ4v) is 4.34. The van der Waals surface area contributed by atoms with Crippen molar-refractivity contribution in [2.45, 2.75) is 38.8 Å². The summed E-state index contributed by atoms with van der Waals surface area (Å²) in [4.78, 5) is 30.3. The molecule has 0 aliphatic rings. The van der Waals surface area contributed by atoms with E-state index in [4.69, 9.17) is 4.74 Å². The topological polar surface area (TPSA) is 68.3 Å². The van der Waals surface area contributed by atoms with Crippen molar-refractivity contribution in [2.24, 2.45) is 0 Å². The summed E-state index contributed by atoms with van der Waals surface area (Å²) < 4.78 is 5.34. The predicted octanol–water partition coefficient (Wildman–Crippen LogP) is 5.07. The molecule has 1 amide bonds. The van der Waals surface area contributed by atoms with Gasteiger partial charge < -0.3 is 10.1 Å². The molecule has 7 heteroatoms. The lowest BCUT2D eigenvalue weighted by molar-refractivity contribution is -0.129. The minimum atomic E-state index is -0.901. The lowest BCUT2D eigenvalue weighted by Gasteiger charge is -2.21. The van der Waals surface area contributed by atoms with Crippen LogP contribution in [0.15, 0.2) is 53.2 Å². The molecule has 0 bridgehead atoms. The maximum atomic E-state index is 12.6. The summed E-state index contributed by atoms with van der Waals surface area (Å²) in [5, 5.41) is 7.37. The number of hydrogen-bond donors (Lipinski definition) is 1. The van der Waals surface area contributed by atoms with E-state index in [1.807, 2.05) is 47.8 Å². The SMILES string of the molecule is CCC[C@H](NC(=O)[C@@H](C)OC(=O)c1csc(-c2cccs2)n1)c1ccccc1. The van der Waals surface area contributed by atoms with Gasteiger partial charge in [-0.15, -0.1) is 22.7 Å². The van der Waals surface area contributed by atoms with E-state index >= 15 is 0 Å². The zero-order valence-electron chi connectivity index (χ0n) is 15.8. The first-order valence-electron chi connectivity index (χ1n) is 9.14. The highest BCUT2D eigenvalue weighted by Crippen LogP contribution is 2.28. The van der Waals surface area contributed by atoms with E-state index in [0.29, 0.717) is 0 Å². The minimum Gasteiger partial charge on any atom is -0.448 e. The Hall–Kier alpha value is -2.51. The van der Waals surface area contributed by atoms with Gasteiger partial charge in [0.25, 0.3) is 5.91 Å². The summed E-state index contributed by atoms with van der Waals surface area (Å²) in [6.07, 6.45) is 0.841. The molecular formula is C21H22N2O3S2. The summed E-state index contributed by atoms with van der Waals surface area (Å²) in [6, 6.07) is 13.6. The first-order chi connectivity index (χ1) is 13.6. The van der Waals surface area contributed by atoms with Crippen LogP contribution in [0, 0.1) is 0 Å². The number of hydrogen-bond acceptors (Lipinski definition) is 6. The van der Waals surface area contributed by atoms with Crippen molar-refractivity contribution < 1.29 is 14.3 Å². The number of aromatic nitrogens is 1. The van der Waals surface area contributed by atoms with Gasteiger partial charge in [-0.05, 0) is 30.4 Å². The van der Waals surface area contributed by atoms with Crippen LogP contribution in [0.25, 0.3) is 9.88 Å². The van der Waals surface area contributed by atoms with Gasteiger partial charge in [0.2, 0.25) is 0 Å². The van der Waals surface area contributed by atoms with Crippen LogP contribution >= 0.6 is 22.7 Å². The molecule has 1 aromatic carbocycles. The van der Waals surface area contributed by atoms with Crippen LogP contribution in [0.5, 0.6) is 0 Å². The molecule has 28 heavy (non-hydrogen) atoms. The normalized spacial score (nSPS) is 12.9. The molecule has 0 saturated heterocycles. The van der Waals surface area contributed by atoms with Crippen LogP contribution in [0.4, 0.5) is 0 Å². The van der Waals surface area contributed by atoms with Crippen molar-refractivity contribution in [1.82, 2.24) is 10.3 Å². The lowest BCUT2D eigenvalue weighted by Crippen LogP contribution is -2.38. The van der Waals surface area contributed by atoms with Gasteiger partial charge in [-0.1, -0.05) is 49.7 Å². The number of esters is 1. The molecule has 3 rings (SSSR count). The number of nitrogens with one attached hydrogen (secondary N) is 1. The molecule has 0 aliphatic carbocycles. The van der Waals surface area contributed by atoms with Crippen LogP contribution in [-0.2, 0) is 9.53 Å². The fraction of sp³-hybridized carbons (Fsp3) is 0.286. The molecule has 0 radical (unpaired) electrons. The maximum absolute atomic E-state index is 12.6. The third kappa shape index (κ3) is 5.05. The van der Waals surface area contributed by atoms with E-state index < -0.39 is 12.1 Å². The molecule has 0 aliphatic heterocycles. The highest BCUT2D eigenvalue weighted by molar-refractivity contribution is 7.20. The Morgan fingerprint density at radius 1 is 1.14 bits per heavy atom. The van der Waals surface area contributed by atoms with Gasteiger partial charge >= 0.3 is 5.97 Å². The summed E-state index contributed by atoms with van der Waals surface area (Å²) in [7, 11) is 0. The van der Waals surface area contributed by atoms with E-state index in [1.54, 1.807) is 23.6 Å². The molecule has 2 heterocycles. The molecule has 0 spiro atoms. The van der Waals surface area contributed by atoms with Crippen molar-refractivity contribution in [3.63, 3.8) is 0 Å². The number of carbonyl (C=O) groups is 2. The molecule has 3 aromatic rings. The summed E-state index contributed by atoms with van der Waals surface area (Å²) in [5.41, 5.74) is 1.26. The predicted molar refractivity (Wildman–Crippen MR) is 113 cm³/mol. The highest BCUT2D eigenvalue weighted by Gasteiger charge is 2.23. The Bertz CT molecular complexity index is 907. The van der Waals surface area contributed by atoms with Gasteiger partial charge in [0, 0.05) is 5.38 Å². The Morgan fingerprint density at radius 2 is 1.93 bits per heavy atom. The van der Waals surface area contributed by atoms with Gasteiger partial charge in [-0.2, -0.15) is 0 Å². The first-order valence-corrected chi connectivity index (χ1v) is 10.9. The second-order valence-electron chi connectivity index (χ2n) is 6.32. The Morgan fingerprint density at radius 3 is 2.61 bits per heavy atom. The summed E-state index contributed by atoms with van der Waals surface area (Å²) in [6.45, 7) is 3.65.